The molecule has 3 nitrogen and oxygen atoms in total. The maximum absolute atomic E-state index is 13.6. The summed E-state index contributed by atoms with van der Waals surface area (Å²) in [5.41, 5.74) is 0.421. The number of para-hydroxylation sites is 2. The van der Waals surface area contributed by atoms with Crippen LogP contribution in [-0.4, -0.2) is 12.0 Å². The average Bonchev–Trinajstić information content (AvgIpc) is 2.50. The highest BCUT2D eigenvalue weighted by Gasteiger charge is 2.21. The third-order valence-electron chi connectivity index (χ3n) is 3.24. The SMILES string of the molecule is CC[C@@H](Oc1ccccc1C)C(=O)Nc1c(F)cccc1F. The van der Waals surface area contributed by atoms with Crippen molar-refractivity contribution in [3.05, 3.63) is 59.7 Å². The molecule has 116 valence electrons. The molecular formula is C17H17F2NO2. The normalized spacial score (nSPS) is 11.8. The molecule has 2 aromatic rings. The number of amides is 1. The van der Waals surface area contributed by atoms with Gasteiger partial charge in [-0.3, -0.25) is 4.79 Å². The molecule has 0 fully saturated rings. The zero-order valence-electron chi connectivity index (χ0n) is 12.4. The van der Waals surface area contributed by atoms with Crippen molar-refractivity contribution in [2.24, 2.45) is 0 Å². The molecule has 0 unspecified atom stereocenters. The van der Waals surface area contributed by atoms with Gasteiger partial charge in [0.05, 0.1) is 0 Å². The number of nitrogens with one attached hydrogen (secondary N) is 1. The van der Waals surface area contributed by atoms with Gasteiger partial charge in [-0.05, 0) is 37.1 Å². The predicted molar refractivity (Wildman–Crippen MR) is 80.9 cm³/mol. The number of aryl methyl sites for hydroxylation is 1. The topological polar surface area (TPSA) is 38.3 Å². The van der Waals surface area contributed by atoms with Crippen LogP contribution in [0.25, 0.3) is 0 Å². The van der Waals surface area contributed by atoms with Crippen LogP contribution < -0.4 is 10.1 Å². The van der Waals surface area contributed by atoms with Gasteiger partial charge in [0, 0.05) is 0 Å². The quantitative estimate of drug-likeness (QED) is 0.904. The second-order valence-corrected chi connectivity index (χ2v) is 4.87. The van der Waals surface area contributed by atoms with E-state index >= 15 is 0 Å². The molecule has 22 heavy (non-hydrogen) atoms. The van der Waals surface area contributed by atoms with E-state index in [0.29, 0.717) is 12.2 Å². The second-order valence-electron chi connectivity index (χ2n) is 4.87. The number of hydrogen-bond acceptors (Lipinski definition) is 2. The summed E-state index contributed by atoms with van der Waals surface area (Å²) >= 11 is 0. The lowest BCUT2D eigenvalue weighted by atomic mass is 10.2. The van der Waals surface area contributed by atoms with E-state index < -0.39 is 29.3 Å². The van der Waals surface area contributed by atoms with Crippen molar-refractivity contribution in [2.75, 3.05) is 5.32 Å². The van der Waals surface area contributed by atoms with Gasteiger partial charge in [-0.2, -0.15) is 0 Å². The van der Waals surface area contributed by atoms with Gasteiger partial charge in [0.2, 0.25) is 0 Å². The first-order valence-electron chi connectivity index (χ1n) is 7.00. The number of halogens is 2. The number of benzene rings is 2. The van der Waals surface area contributed by atoms with Gasteiger partial charge < -0.3 is 10.1 Å². The Labute approximate surface area is 127 Å². The van der Waals surface area contributed by atoms with Crippen molar-refractivity contribution in [1.82, 2.24) is 0 Å². The molecule has 0 saturated carbocycles. The van der Waals surface area contributed by atoms with Crippen LogP contribution in [0.2, 0.25) is 0 Å². The van der Waals surface area contributed by atoms with E-state index in [1.807, 2.05) is 19.1 Å². The second kappa shape index (κ2) is 7.02. The average molecular weight is 305 g/mol. The van der Waals surface area contributed by atoms with E-state index in [1.165, 1.54) is 6.07 Å². The Morgan fingerprint density at radius 3 is 2.36 bits per heavy atom. The minimum absolute atomic E-state index is 0.371. The van der Waals surface area contributed by atoms with Crippen LogP contribution in [0.1, 0.15) is 18.9 Å². The highest BCUT2D eigenvalue weighted by Crippen LogP contribution is 2.21. The first-order valence-corrected chi connectivity index (χ1v) is 7.00. The maximum atomic E-state index is 13.6. The first-order chi connectivity index (χ1) is 10.5. The van der Waals surface area contributed by atoms with Crippen molar-refractivity contribution in [3.63, 3.8) is 0 Å². The molecule has 1 amide bonds. The Hall–Kier alpha value is -2.43. The van der Waals surface area contributed by atoms with Crippen LogP contribution in [0.4, 0.5) is 14.5 Å². The number of anilines is 1. The minimum Gasteiger partial charge on any atom is -0.480 e. The molecule has 0 aliphatic rings. The molecule has 0 spiro atoms. The molecule has 2 aromatic carbocycles. The van der Waals surface area contributed by atoms with Gasteiger partial charge in [-0.25, -0.2) is 8.78 Å². The molecule has 0 radical (unpaired) electrons. The van der Waals surface area contributed by atoms with Crippen LogP contribution in [0.5, 0.6) is 5.75 Å². The summed E-state index contributed by atoms with van der Waals surface area (Å²) in [5.74, 6) is -1.66. The fourth-order valence-corrected chi connectivity index (χ4v) is 1.99. The van der Waals surface area contributed by atoms with Crippen molar-refractivity contribution in [1.29, 1.82) is 0 Å². The van der Waals surface area contributed by atoms with E-state index in [-0.39, 0.29) is 0 Å². The van der Waals surface area contributed by atoms with Crippen LogP contribution in [-0.2, 0) is 4.79 Å². The summed E-state index contributed by atoms with van der Waals surface area (Å²) < 4.78 is 32.8. The number of hydrogen-bond donors (Lipinski definition) is 1. The lowest BCUT2D eigenvalue weighted by molar-refractivity contribution is -0.122. The number of carbonyl (C=O) groups excluding carboxylic acids is 1. The maximum Gasteiger partial charge on any atom is 0.265 e. The molecule has 0 aliphatic heterocycles. The van der Waals surface area contributed by atoms with E-state index in [2.05, 4.69) is 5.32 Å². The van der Waals surface area contributed by atoms with Crippen LogP contribution in [0, 0.1) is 18.6 Å². The summed E-state index contributed by atoms with van der Waals surface area (Å²) in [6, 6.07) is 10.7. The van der Waals surface area contributed by atoms with Gasteiger partial charge in [0.15, 0.2) is 6.10 Å². The molecule has 1 atom stereocenters. The molecule has 0 saturated heterocycles. The fraction of sp³-hybridized carbons (Fsp3) is 0.235. The standard InChI is InChI=1S/C17H17F2NO2/c1-3-14(22-15-10-5-4-7-11(15)2)17(21)20-16-12(18)8-6-9-13(16)19/h4-10,14H,3H2,1-2H3,(H,20,21)/t14-/m1/s1. The Morgan fingerprint density at radius 2 is 1.77 bits per heavy atom. The van der Waals surface area contributed by atoms with E-state index in [9.17, 15) is 13.6 Å². The molecule has 1 N–H and O–H groups in total. The van der Waals surface area contributed by atoms with Gasteiger partial charge in [0.1, 0.15) is 23.1 Å². The largest absolute Gasteiger partial charge is 0.480 e. The lowest BCUT2D eigenvalue weighted by Crippen LogP contribution is -2.33. The summed E-state index contributed by atoms with van der Waals surface area (Å²) in [4.78, 5) is 12.2. The Kier molecular flexibility index (Phi) is 5.09. The Morgan fingerprint density at radius 1 is 1.14 bits per heavy atom. The molecule has 0 heterocycles. The van der Waals surface area contributed by atoms with Crippen LogP contribution in [0.3, 0.4) is 0 Å². The third kappa shape index (κ3) is 3.61. The van der Waals surface area contributed by atoms with Crippen molar-refractivity contribution in [3.8, 4) is 5.75 Å². The number of carbonyl (C=O) groups is 1. The molecular weight excluding hydrogens is 288 g/mol. The minimum atomic E-state index is -0.833. The molecule has 0 aromatic heterocycles. The van der Waals surface area contributed by atoms with E-state index in [4.69, 9.17) is 4.74 Å². The van der Waals surface area contributed by atoms with Crippen molar-refractivity contribution < 1.29 is 18.3 Å². The first kappa shape index (κ1) is 15.9. The van der Waals surface area contributed by atoms with E-state index in [1.54, 1.807) is 19.1 Å². The monoisotopic (exact) mass is 305 g/mol. The zero-order valence-corrected chi connectivity index (χ0v) is 12.4. The van der Waals surface area contributed by atoms with Gasteiger partial charge in [0.25, 0.3) is 5.91 Å². The van der Waals surface area contributed by atoms with Crippen LogP contribution in [0.15, 0.2) is 42.5 Å². The van der Waals surface area contributed by atoms with Crippen LogP contribution >= 0.6 is 0 Å². The molecule has 5 heteroatoms. The van der Waals surface area contributed by atoms with E-state index in [0.717, 1.165) is 17.7 Å². The van der Waals surface area contributed by atoms with Crippen molar-refractivity contribution >= 4 is 11.6 Å². The smallest absolute Gasteiger partial charge is 0.265 e. The zero-order chi connectivity index (χ0) is 16.1. The number of ether oxygens (including phenoxy) is 1. The van der Waals surface area contributed by atoms with Gasteiger partial charge >= 0.3 is 0 Å². The van der Waals surface area contributed by atoms with Gasteiger partial charge in [-0.1, -0.05) is 31.2 Å². The highest BCUT2D eigenvalue weighted by atomic mass is 19.1. The predicted octanol–water partition coefficient (Wildman–Crippen LogP) is 4.07. The molecule has 2 rings (SSSR count). The van der Waals surface area contributed by atoms with Gasteiger partial charge in [-0.15, -0.1) is 0 Å². The highest BCUT2D eigenvalue weighted by molar-refractivity contribution is 5.94. The summed E-state index contributed by atoms with van der Waals surface area (Å²) in [5, 5.41) is 2.26. The summed E-state index contributed by atoms with van der Waals surface area (Å²) in [6.45, 7) is 3.62. The fourth-order valence-electron chi connectivity index (χ4n) is 1.99. The lowest BCUT2D eigenvalue weighted by Gasteiger charge is -2.19. The third-order valence-corrected chi connectivity index (χ3v) is 3.24. The Balaban J connectivity index is 2.14. The summed E-state index contributed by atoms with van der Waals surface area (Å²) in [6.07, 6.45) is -0.462. The number of rotatable bonds is 5. The summed E-state index contributed by atoms with van der Waals surface area (Å²) in [7, 11) is 0. The molecule has 0 aliphatic carbocycles. The Bertz CT molecular complexity index is 653. The van der Waals surface area contributed by atoms with Crippen molar-refractivity contribution in [2.45, 2.75) is 26.4 Å². The molecule has 0 bridgehead atoms.